The largest absolute Gasteiger partial charge is 0.373 e. The highest BCUT2D eigenvalue weighted by molar-refractivity contribution is 5.16. The van der Waals surface area contributed by atoms with Gasteiger partial charge in [-0.15, -0.1) is 13.2 Å². The molecule has 0 saturated carbocycles. The summed E-state index contributed by atoms with van der Waals surface area (Å²) in [5.41, 5.74) is 2.29. The van der Waals surface area contributed by atoms with Gasteiger partial charge in [-0.2, -0.15) is 0 Å². The van der Waals surface area contributed by atoms with Crippen molar-refractivity contribution in [2.75, 3.05) is 0 Å². The van der Waals surface area contributed by atoms with Crippen molar-refractivity contribution in [3.05, 3.63) is 109 Å². The van der Waals surface area contributed by atoms with Crippen LogP contribution in [0.5, 0.6) is 0 Å². The highest BCUT2D eigenvalue weighted by Crippen LogP contribution is 2.43. The van der Waals surface area contributed by atoms with Crippen LogP contribution in [0.4, 0.5) is 0 Å². The lowest BCUT2D eigenvalue weighted by atomic mass is 9.84. The van der Waals surface area contributed by atoms with Crippen molar-refractivity contribution >= 4 is 0 Å². The van der Waals surface area contributed by atoms with Gasteiger partial charge in [0.25, 0.3) is 0 Å². The third-order valence-electron chi connectivity index (χ3n) is 6.81. The first kappa shape index (κ1) is 25.6. The van der Waals surface area contributed by atoms with E-state index >= 15 is 0 Å². The van der Waals surface area contributed by atoms with E-state index in [-0.39, 0.29) is 36.3 Å². The smallest absolute Gasteiger partial charge is 0.163 e. The topological polar surface area (TPSA) is 36.9 Å². The number of ether oxygens (including phenoxy) is 4. The zero-order valence-electron chi connectivity index (χ0n) is 20.9. The van der Waals surface area contributed by atoms with Crippen LogP contribution in [0, 0.1) is 11.8 Å². The lowest BCUT2D eigenvalue weighted by Crippen LogP contribution is -2.43. The second kappa shape index (κ2) is 12.0. The van der Waals surface area contributed by atoms with E-state index in [2.05, 4.69) is 49.6 Å². The average Bonchev–Trinajstić information content (AvgIpc) is 3.10. The summed E-state index contributed by atoms with van der Waals surface area (Å²) in [6, 6.07) is 20.5. The number of hydrogen-bond donors (Lipinski definition) is 0. The molecule has 0 unspecified atom stereocenters. The maximum Gasteiger partial charge on any atom is 0.163 e. The van der Waals surface area contributed by atoms with Crippen molar-refractivity contribution in [2.24, 2.45) is 11.8 Å². The van der Waals surface area contributed by atoms with Crippen molar-refractivity contribution in [2.45, 2.75) is 70.1 Å². The summed E-state index contributed by atoms with van der Waals surface area (Å²) in [4.78, 5) is 0. The normalized spacial score (nSPS) is 26.9. The summed E-state index contributed by atoms with van der Waals surface area (Å²) < 4.78 is 25.9. The Morgan fingerprint density at radius 3 is 2.11 bits per heavy atom. The molecule has 35 heavy (non-hydrogen) atoms. The third-order valence-corrected chi connectivity index (χ3v) is 6.81. The highest BCUT2D eigenvalue weighted by Gasteiger charge is 2.51. The molecule has 2 aromatic carbocycles. The van der Waals surface area contributed by atoms with Crippen LogP contribution in [0.25, 0.3) is 0 Å². The number of hydrogen-bond acceptors (Lipinski definition) is 4. The minimum atomic E-state index is -0.680. The van der Waals surface area contributed by atoms with E-state index in [0.29, 0.717) is 13.2 Å². The molecule has 1 saturated heterocycles. The van der Waals surface area contributed by atoms with E-state index < -0.39 is 5.79 Å². The molecule has 1 aliphatic carbocycles. The van der Waals surface area contributed by atoms with Crippen molar-refractivity contribution < 1.29 is 18.9 Å². The Kier molecular flexibility index (Phi) is 8.74. The van der Waals surface area contributed by atoms with Gasteiger partial charge in [0.05, 0.1) is 37.6 Å². The fourth-order valence-corrected chi connectivity index (χ4v) is 5.15. The molecule has 4 heteroatoms. The summed E-state index contributed by atoms with van der Waals surface area (Å²) in [5.74, 6) is -0.559. The molecule has 1 heterocycles. The van der Waals surface area contributed by atoms with Crippen LogP contribution >= 0.6 is 0 Å². The maximum absolute atomic E-state index is 6.55. The number of allylic oxidation sites excluding steroid dienone is 1. The van der Waals surface area contributed by atoms with Gasteiger partial charge in [0.1, 0.15) is 0 Å². The Balaban J connectivity index is 1.52. The first-order valence-corrected chi connectivity index (χ1v) is 12.6. The zero-order chi connectivity index (χ0) is 24.7. The average molecular weight is 475 g/mol. The van der Waals surface area contributed by atoms with Crippen molar-refractivity contribution in [3.8, 4) is 0 Å². The van der Waals surface area contributed by atoms with Crippen LogP contribution in [-0.4, -0.2) is 30.2 Å². The Labute approximate surface area is 210 Å². The van der Waals surface area contributed by atoms with E-state index in [1.807, 2.05) is 62.4 Å². The van der Waals surface area contributed by atoms with Gasteiger partial charge in [0.15, 0.2) is 5.79 Å². The van der Waals surface area contributed by atoms with Gasteiger partial charge in [-0.3, -0.25) is 0 Å². The molecule has 0 N–H and O–H groups in total. The first-order chi connectivity index (χ1) is 17.0. The van der Waals surface area contributed by atoms with Crippen molar-refractivity contribution in [1.29, 1.82) is 0 Å². The van der Waals surface area contributed by atoms with Gasteiger partial charge < -0.3 is 18.9 Å². The molecule has 0 spiro atoms. The molecular formula is C31H38O4. The molecule has 2 aromatic rings. The summed E-state index contributed by atoms with van der Waals surface area (Å²) in [7, 11) is 0. The van der Waals surface area contributed by atoms with Gasteiger partial charge >= 0.3 is 0 Å². The molecule has 186 valence electrons. The Hall–Kier alpha value is -2.50. The molecule has 4 rings (SSSR count). The molecule has 1 aliphatic heterocycles. The fourth-order valence-electron chi connectivity index (χ4n) is 5.15. The second-order valence-corrected chi connectivity index (χ2v) is 9.83. The van der Waals surface area contributed by atoms with Crippen LogP contribution in [0.15, 0.2) is 98.1 Å². The van der Waals surface area contributed by atoms with Crippen LogP contribution in [0.1, 0.15) is 37.8 Å². The lowest BCUT2D eigenvalue weighted by molar-refractivity contribution is -0.160. The second-order valence-electron chi connectivity index (χ2n) is 9.83. The van der Waals surface area contributed by atoms with Gasteiger partial charge in [0.2, 0.25) is 0 Å². The molecule has 2 aliphatic rings. The standard InChI is InChI=1S/C31H38O4/c1-5-14-28(33-22-24-17-11-8-12-18-24)26-20-13-19-25(29-30(26)35-31(3,4)34-29)27(6-2)32-21-23-15-9-7-10-16-23/h5-13,15-19,25-30H,1-2,14,20-22H2,3-4H3/t25-,26+,27+,28+,29-,30+/m0/s1. The summed E-state index contributed by atoms with van der Waals surface area (Å²) in [6.45, 7) is 13.1. The summed E-state index contributed by atoms with van der Waals surface area (Å²) >= 11 is 0. The highest BCUT2D eigenvalue weighted by atomic mass is 16.8. The zero-order valence-corrected chi connectivity index (χ0v) is 20.9. The molecule has 0 radical (unpaired) electrons. The molecular weight excluding hydrogens is 436 g/mol. The van der Waals surface area contributed by atoms with Gasteiger partial charge in [0, 0.05) is 11.8 Å². The summed E-state index contributed by atoms with van der Waals surface area (Å²) in [6.07, 6.45) is 9.34. The third kappa shape index (κ3) is 6.59. The van der Waals surface area contributed by atoms with Crippen molar-refractivity contribution in [1.82, 2.24) is 0 Å². The van der Waals surface area contributed by atoms with E-state index in [4.69, 9.17) is 18.9 Å². The number of benzene rings is 2. The van der Waals surface area contributed by atoms with E-state index in [1.165, 1.54) is 0 Å². The number of rotatable bonds is 11. The van der Waals surface area contributed by atoms with Crippen LogP contribution in [-0.2, 0) is 32.2 Å². The maximum atomic E-state index is 6.55. The Morgan fingerprint density at radius 1 is 0.914 bits per heavy atom. The SMILES string of the molecule is C=CC[C@@H](OCc1ccccc1)[C@H]1CC=C[C@@H]([C@@H](C=C)OCc2ccccc2)[C@@H]2OC(C)(C)O[C@H]12. The van der Waals surface area contributed by atoms with Gasteiger partial charge in [-0.25, -0.2) is 0 Å². The predicted octanol–water partition coefficient (Wildman–Crippen LogP) is 6.63. The Bertz CT molecular complexity index is 968. The lowest BCUT2D eigenvalue weighted by Gasteiger charge is -2.34. The predicted molar refractivity (Wildman–Crippen MR) is 140 cm³/mol. The molecule has 0 aromatic heterocycles. The molecule has 4 nitrogen and oxygen atoms in total. The van der Waals surface area contributed by atoms with Gasteiger partial charge in [-0.1, -0.05) is 85.0 Å². The fraction of sp³-hybridized carbons (Fsp3) is 0.419. The molecule has 6 atom stereocenters. The van der Waals surface area contributed by atoms with Crippen molar-refractivity contribution in [3.63, 3.8) is 0 Å². The Morgan fingerprint density at radius 2 is 1.51 bits per heavy atom. The first-order valence-electron chi connectivity index (χ1n) is 12.6. The van der Waals surface area contributed by atoms with E-state index in [1.54, 1.807) is 0 Å². The van der Waals surface area contributed by atoms with Crippen LogP contribution < -0.4 is 0 Å². The molecule has 0 amide bonds. The molecule has 0 bridgehead atoms. The van der Waals surface area contributed by atoms with E-state index in [9.17, 15) is 0 Å². The van der Waals surface area contributed by atoms with Crippen LogP contribution in [0.2, 0.25) is 0 Å². The van der Waals surface area contributed by atoms with Crippen LogP contribution in [0.3, 0.4) is 0 Å². The minimum absolute atomic E-state index is 0.00788. The number of fused-ring (bicyclic) bond motifs is 1. The quantitative estimate of drug-likeness (QED) is 0.343. The minimum Gasteiger partial charge on any atom is -0.373 e. The molecule has 1 fully saturated rings. The van der Waals surface area contributed by atoms with Gasteiger partial charge in [-0.05, 0) is 37.8 Å². The monoisotopic (exact) mass is 474 g/mol. The van der Waals surface area contributed by atoms with E-state index in [0.717, 1.165) is 24.0 Å². The summed E-state index contributed by atoms with van der Waals surface area (Å²) in [5, 5.41) is 0.